The third-order valence-corrected chi connectivity index (χ3v) is 3.44. The van der Waals surface area contributed by atoms with Crippen LogP contribution in [0.5, 0.6) is 0 Å². The van der Waals surface area contributed by atoms with E-state index in [1.54, 1.807) is 24.5 Å². The molecule has 21 heavy (non-hydrogen) atoms. The Labute approximate surface area is 124 Å². The normalized spacial score (nSPS) is 12.0. The Kier molecular flexibility index (Phi) is 5.00. The summed E-state index contributed by atoms with van der Waals surface area (Å²) in [5.41, 5.74) is 2.93. The van der Waals surface area contributed by atoms with Gasteiger partial charge in [-0.2, -0.15) is 0 Å². The highest BCUT2D eigenvalue weighted by Crippen LogP contribution is 2.16. The number of hydrogen-bond acceptors (Lipinski definition) is 3. The van der Waals surface area contributed by atoms with Crippen LogP contribution in [0.3, 0.4) is 0 Å². The number of benzene rings is 1. The van der Waals surface area contributed by atoms with Crippen LogP contribution in [0.1, 0.15) is 24.1 Å². The highest BCUT2D eigenvalue weighted by Gasteiger charge is 2.10. The fourth-order valence-corrected chi connectivity index (χ4v) is 1.97. The Morgan fingerprint density at radius 3 is 2.57 bits per heavy atom. The number of furan rings is 1. The number of carbonyl (C=O) groups is 1. The maximum Gasteiger partial charge on any atom is 0.321 e. The minimum atomic E-state index is -0.148. The van der Waals surface area contributed by atoms with Crippen LogP contribution in [0.15, 0.2) is 47.3 Å². The van der Waals surface area contributed by atoms with E-state index in [1.807, 2.05) is 37.4 Å². The predicted octanol–water partition coefficient (Wildman–Crippen LogP) is 3.22. The lowest BCUT2D eigenvalue weighted by atomic mass is 10.1. The van der Waals surface area contributed by atoms with E-state index in [4.69, 9.17) is 4.42 Å². The number of carbonyl (C=O) groups excluding carboxylic acids is 1. The monoisotopic (exact) mass is 287 g/mol. The summed E-state index contributed by atoms with van der Waals surface area (Å²) in [6.45, 7) is 2.60. The highest BCUT2D eigenvalue weighted by atomic mass is 16.3. The van der Waals surface area contributed by atoms with Gasteiger partial charge >= 0.3 is 6.03 Å². The van der Waals surface area contributed by atoms with Gasteiger partial charge in [-0.25, -0.2) is 4.79 Å². The summed E-state index contributed by atoms with van der Waals surface area (Å²) in [5, 5.41) is 6.05. The molecule has 0 radical (unpaired) electrons. The topological polar surface area (TPSA) is 57.5 Å². The van der Waals surface area contributed by atoms with Crippen LogP contribution in [-0.2, 0) is 6.54 Å². The van der Waals surface area contributed by atoms with Crippen molar-refractivity contribution in [1.82, 2.24) is 10.2 Å². The van der Waals surface area contributed by atoms with Crippen molar-refractivity contribution in [1.29, 1.82) is 0 Å². The van der Waals surface area contributed by atoms with E-state index in [1.165, 1.54) is 5.56 Å². The highest BCUT2D eigenvalue weighted by molar-refractivity contribution is 5.89. The number of anilines is 1. The molecule has 0 spiro atoms. The molecule has 2 rings (SSSR count). The van der Waals surface area contributed by atoms with Crippen molar-refractivity contribution in [3.63, 3.8) is 0 Å². The second-order valence-corrected chi connectivity index (χ2v) is 5.05. The Balaban J connectivity index is 1.92. The molecule has 0 fully saturated rings. The van der Waals surface area contributed by atoms with Gasteiger partial charge in [-0.15, -0.1) is 0 Å². The molecule has 0 aliphatic rings. The second kappa shape index (κ2) is 6.95. The van der Waals surface area contributed by atoms with Gasteiger partial charge in [0.25, 0.3) is 0 Å². The smallest absolute Gasteiger partial charge is 0.321 e. The summed E-state index contributed by atoms with van der Waals surface area (Å²) in [5.74, 6) is 0. The van der Waals surface area contributed by atoms with Gasteiger partial charge in [-0.3, -0.25) is 0 Å². The Bertz CT molecular complexity index is 564. The minimum Gasteiger partial charge on any atom is -0.472 e. The maximum atomic E-state index is 12.1. The molecule has 0 saturated carbocycles. The van der Waals surface area contributed by atoms with E-state index in [2.05, 4.69) is 17.6 Å². The van der Waals surface area contributed by atoms with Crippen molar-refractivity contribution in [2.24, 2.45) is 0 Å². The van der Waals surface area contributed by atoms with Crippen LogP contribution < -0.4 is 10.6 Å². The van der Waals surface area contributed by atoms with Crippen LogP contribution in [0.25, 0.3) is 0 Å². The number of nitrogens with zero attached hydrogens (tertiary/aromatic N) is 1. The third-order valence-electron chi connectivity index (χ3n) is 3.44. The molecule has 1 aromatic carbocycles. The zero-order valence-corrected chi connectivity index (χ0v) is 12.6. The zero-order valence-electron chi connectivity index (χ0n) is 12.6. The molecule has 2 aromatic rings. The molecule has 0 saturated heterocycles. The molecule has 5 nitrogen and oxygen atoms in total. The lowest BCUT2D eigenvalue weighted by Crippen LogP contribution is -2.30. The van der Waals surface area contributed by atoms with Crippen LogP contribution in [0.2, 0.25) is 0 Å². The second-order valence-electron chi connectivity index (χ2n) is 5.05. The first-order valence-corrected chi connectivity index (χ1v) is 6.90. The van der Waals surface area contributed by atoms with Crippen LogP contribution in [0.4, 0.5) is 10.5 Å². The summed E-state index contributed by atoms with van der Waals surface area (Å²) in [6.07, 6.45) is 3.24. The van der Waals surface area contributed by atoms with Gasteiger partial charge in [0.05, 0.1) is 19.1 Å². The first-order valence-electron chi connectivity index (χ1n) is 6.90. The van der Waals surface area contributed by atoms with Crippen molar-refractivity contribution in [3.8, 4) is 0 Å². The predicted molar refractivity (Wildman–Crippen MR) is 83.1 cm³/mol. The van der Waals surface area contributed by atoms with Gasteiger partial charge in [0.2, 0.25) is 0 Å². The number of nitrogens with one attached hydrogen (secondary N) is 2. The Morgan fingerprint density at radius 2 is 2.00 bits per heavy atom. The molecule has 2 N–H and O–H groups in total. The van der Waals surface area contributed by atoms with E-state index in [0.29, 0.717) is 12.6 Å². The van der Waals surface area contributed by atoms with E-state index in [0.717, 1.165) is 11.3 Å². The van der Waals surface area contributed by atoms with Crippen molar-refractivity contribution < 1.29 is 9.21 Å². The first-order chi connectivity index (χ1) is 10.1. The fraction of sp³-hybridized carbons (Fsp3) is 0.312. The SMILES string of the molecule is CNC(C)c1ccc(NC(=O)N(C)Cc2ccoc2)cc1. The van der Waals surface area contributed by atoms with Crippen LogP contribution >= 0.6 is 0 Å². The molecular weight excluding hydrogens is 266 g/mol. The van der Waals surface area contributed by atoms with Gasteiger partial charge in [0, 0.05) is 24.3 Å². The van der Waals surface area contributed by atoms with Crippen LogP contribution in [-0.4, -0.2) is 25.0 Å². The number of rotatable bonds is 5. The molecule has 5 heteroatoms. The molecule has 0 bridgehead atoms. The number of amides is 2. The summed E-state index contributed by atoms with van der Waals surface area (Å²) in [4.78, 5) is 13.7. The van der Waals surface area contributed by atoms with E-state index in [9.17, 15) is 4.79 Å². The minimum absolute atomic E-state index is 0.148. The molecule has 2 amide bonds. The lowest BCUT2D eigenvalue weighted by molar-refractivity contribution is 0.220. The summed E-state index contributed by atoms with van der Waals surface area (Å²) < 4.78 is 5.00. The number of urea groups is 1. The average molecular weight is 287 g/mol. The van der Waals surface area contributed by atoms with E-state index >= 15 is 0 Å². The summed E-state index contributed by atoms with van der Waals surface area (Å²) in [7, 11) is 3.67. The van der Waals surface area contributed by atoms with Crippen molar-refractivity contribution in [2.75, 3.05) is 19.4 Å². The van der Waals surface area contributed by atoms with Gasteiger partial charge in [0.15, 0.2) is 0 Å². The van der Waals surface area contributed by atoms with Gasteiger partial charge in [-0.1, -0.05) is 12.1 Å². The third kappa shape index (κ3) is 4.10. The van der Waals surface area contributed by atoms with E-state index < -0.39 is 0 Å². The summed E-state index contributed by atoms with van der Waals surface area (Å²) in [6, 6.07) is 9.82. The number of hydrogen-bond donors (Lipinski definition) is 2. The average Bonchev–Trinajstić information content (AvgIpc) is 3.00. The maximum absolute atomic E-state index is 12.1. The zero-order chi connectivity index (χ0) is 15.2. The molecule has 1 heterocycles. The van der Waals surface area contributed by atoms with Crippen molar-refractivity contribution in [2.45, 2.75) is 19.5 Å². The van der Waals surface area contributed by atoms with Crippen molar-refractivity contribution >= 4 is 11.7 Å². The summed E-state index contributed by atoms with van der Waals surface area (Å²) >= 11 is 0. The molecule has 0 aliphatic heterocycles. The molecular formula is C16H21N3O2. The fourth-order valence-electron chi connectivity index (χ4n) is 1.97. The standard InChI is InChI=1S/C16H21N3O2/c1-12(17-2)14-4-6-15(7-5-14)18-16(20)19(3)10-13-8-9-21-11-13/h4-9,11-12,17H,10H2,1-3H3,(H,18,20). The van der Waals surface area contributed by atoms with Gasteiger partial charge in [0.1, 0.15) is 0 Å². The van der Waals surface area contributed by atoms with Gasteiger partial charge in [-0.05, 0) is 37.7 Å². The van der Waals surface area contributed by atoms with Crippen molar-refractivity contribution in [3.05, 3.63) is 54.0 Å². The Morgan fingerprint density at radius 1 is 1.29 bits per heavy atom. The molecule has 112 valence electrons. The molecule has 1 atom stereocenters. The lowest BCUT2D eigenvalue weighted by Gasteiger charge is -2.17. The Hall–Kier alpha value is -2.27. The van der Waals surface area contributed by atoms with E-state index in [-0.39, 0.29) is 6.03 Å². The molecule has 0 aliphatic carbocycles. The quantitative estimate of drug-likeness (QED) is 0.887. The molecule has 1 unspecified atom stereocenters. The van der Waals surface area contributed by atoms with Gasteiger partial charge < -0.3 is 20.0 Å². The molecule has 1 aromatic heterocycles. The first kappa shape index (κ1) is 15.1. The largest absolute Gasteiger partial charge is 0.472 e. The van der Waals surface area contributed by atoms with Crippen LogP contribution in [0, 0.1) is 0 Å².